The third kappa shape index (κ3) is 3.85. The molecule has 1 heterocycles. The smallest absolute Gasteiger partial charge is 0.329 e. The number of benzene rings is 1. The van der Waals surface area contributed by atoms with Gasteiger partial charge in [-0.05, 0) is 30.7 Å². The van der Waals surface area contributed by atoms with Gasteiger partial charge in [0.05, 0.1) is 14.2 Å². The number of esters is 1. The van der Waals surface area contributed by atoms with Gasteiger partial charge in [-0.2, -0.15) is 0 Å². The number of ether oxygens (including phenoxy) is 3. The molecule has 6 nitrogen and oxygen atoms in total. The highest BCUT2D eigenvalue weighted by atomic mass is 16.5. The van der Waals surface area contributed by atoms with E-state index in [0.29, 0.717) is 17.1 Å². The van der Waals surface area contributed by atoms with Crippen molar-refractivity contribution in [3.8, 4) is 11.5 Å². The average Bonchev–Trinajstić information content (AvgIpc) is 2.51. The number of hydrogen-bond acceptors (Lipinski definition) is 6. The summed E-state index contributed by atoms with van der Waals surface area (Å²) in [4.78, 5) is 35.6. The molecule has 6 heteroatoms. The third-order valence-corrected chi connectivity index (χ3v) is 3.23. The summed E-state index contributed by atoms with van der Waals surface area (Å²) in [7, 11) is 3.03. The molecule has 0 radical (unpaired) electrons. The first-order valence-electron chi connectivity index (χ1n) is 6.83. The van der Waals surface area contributed by atoms with Crippen LogP contribution < -0.4 is 9.47 Å². The van der Waals surface area contributed by atoms with Crippen LogP contribution in [0.3, 0.4) is 0 Å². The van der Waals surface area contributed by atoms with Crippen molar-refractivity contribution in [1.29, 1.82) is 0 Å². The van der Waals surface area contributed by atoms with Gasteiger partial charge >= 0.3 is 5.97 Å². The maximum Gasteiger partial charge on any atom is 0.329 e. The fourth-order valence-electron chi connectivity index (χ4n) is 2.10. The van der Waals surface area contributed by atoms with E-state index in [1.165, 1.54) is 33.3 Å². The van der Waals surface area contributed by atoms with Crippen molar-refractivity contribution in [2.75, 3.05) is 14.2 Å². The molecule has 0 amide bonds. The van der Waals surface area contributed by atoms with E-state index in [1.807, 2.05) is 0 Å². The number of hydrogen-bond donors (Lipinski definition) is 0. The summed E-state index contributed by atoms with van der Waals surface area (Å²) in [6.07, 6.45) is 3.80. The molecule has 1 atom stereocenters. The lowest BCUT2D eigenvalue weighted by atomic mass is 9.96. The first-order chi connectivity index (χ1) is 10.9. The van der Waals surface area contributed by atoms with E-state index in [9.17, 15) is 14.4 Å². The third-order valence-electron chi connectivity index (χ3n) is 3.23. The number of carbonyl (C=O) groups is 3. The Balaban J connectivity index is 2.21. The summed E-state index contributed by atoms with van der Waals surface area (Å²) in [6.45, 7) is 1.48. The van der Waals surface area contributed by atoms with Crippen LogP contribution in [0.5, 0.6) is 11.5 Å². The van der Waals surface area contributed by atoms with Crippen molar-refractivity contribution in [2.24, 2.45) is 5.92 Å². The Bertz CT molecular complexity index is 692. The van der Waals surface area contributed by atoms with E-state index in [-0.39, 0.29) is 5.76 Å². The average molecular weight is 316 g/mol. The maximum absolute atomic E-state index is 12.1. The summed E-state index contributed by atoms with van der Waals surface area (Å²) < 4.78 is 15.1. The molecule has 0 saturated heterocycles. The summed E-state index contributed by atoms with van der Waals surface area (Å²) in [5.41, 5.74) is 0.637. The van der Waals surface area contributed by atoms with Gasteiger partial charge in [0.2, 0.25) is 0 Å². The van der Waals surface area contributed by atoms with Gasteiger partial charge in [-0.3, -0.25) is 14.4 Å². The van der Waals surface area contributed by atoms with Crippen LogP contribution in [0, 0.1) is 5.92 Å². The first kappa shape index (κ1) is 16.5. The van der Waals surface area contributed by atoms with E-state index in [1.54, 1.807) is 18.2 Å². The van der Waals surface area contributed by atoms with Crippen LogP contribution in [-0.4, -0.2) is 31.8 Å². The van der Waals surface area contributed by atoms with Crippen molar-refractivity contribution in [1.82, 2.24) is 0 Å². The van der Waals surface area contributed by atoms with Crippen molar-refractivity contribution < 1.29 is 28.6 Å². The molecule has 1 aromatic carbocycles. The lowest BCUT2D eigenvalue weighted by Gasteiger charge is -2.15. The van der Waals surface area contributed by atoms with E-state index in [2.05, 4.69) is 0 Å². The quantitative estimate of drug-likeness (QED) is 0.469. The van der Waals surface area contributed by atoms with Crippen LogP contribution in [0.4, 0.5) is 0 Å². The molecule has 0 unspecified atom stereocenters. The van der Waals surface area contributed by atoms with Crippen LogP contribution in [0.25, 0.3) is 6.08 Å². The van der Waals surface area contributed by atoms with Gasteiger partial charge in [-0.1, -0.05) is 6.08 Å². The fourth-order valence-corrected chi connectivity index (χ4v) is 2.10. The van der Waals surface area contributed by atoms with Gasteiger partial charge in [-0.15, -0.1) is 0 Å². The molecular formula is C17H16O6. The minimum atomic E-state index is -1.44. The van der Waals surface area contributed by atoms with Crippen LogP contribution in [-0.2, 0) is 19.1 Å². The van der Waals surface area contributed by atoms with Gasteiger partial charge in [0.15, 0.2) is 17.5 Å². The van der Waals surface area contributed by atoms with Gasteiger partial charge in [0, 0.05) is 12.1 Å². The van der Waals surface area contributed by atoms with Crippen molar-refractivity contribution in [3.63, 3.8) is 0 Å². The highest BCUT2D eigenvalue weighted by Crippen LogP contribution is 2.23. The zero-order chi connectivity index (χ0) is 17.0. The zero-order valence-electron chi connectivity index (χ0n) is 13.0. The second-order valence-electron chi connectivity index (χ2n) is 4.89. The van der Waals surface area contributed by atoms with Crippen molar-refractivity contribution in [3.05, 3.63) is 41.7 Å². The second kappa shape index (κ2) is 6.91. The Morgan fingerprint density at radius 2 is 1.74 bits per heavy atom. The Morgan fingerprint density at radius 1 is 1.13 bits per heavy atom. The zero-order valence-corrected chi connectivity index (χ0v) is 13.0. The Kier molecular flexibility index (Phi) is 4.95. The molecule has 0 saturated carbocycles. The molecule has 1 aromatic rings. The summed E-state index contributed by atoms with van der Waals surface area (Å²) in [5.74, 6) is -2.20. The lowest BCUT2D eigenvalue weighted by molar-refractivity contribution is -0.151. The number of methoxy groups -OCH3 is 2. The SMILES string of the molecule is COc1cc(/C=C\C(=O)[C@@H]2C(=O)C=C(C)OC2=O)cc(OC)c1. The van der Waals surface area contributed by atoms with E-state index >= 15 is 0 Å². The molecule has 0 spiro atoms. The molecule has 0 bridgehead atoms. The van der Waals surface area contributed by atoms with Gasteiger partial charge < -0.3 is 14.2 Å². The highest BCUT2D eigenvalue weighted by Gasteiger charge is 2.36. The van der Waals surface area contributed by atoms with Crippen molar-refractivity contribution in [2.45, 2.75) is 6.92 Å². The number of carbonyl (C=O) groups excluding carboxylic acids is 3. The molecule has 23 heavy (non-hydrogen) atoms. The molecule has 1 aliphatic rings. The number of ketones is 2. The summed E-state index contributed by atoms with van der Waals surface area (Å²) in [6, 6.07) is 5.07. The minimum absolute atomic E-state index is 0.186. The molecule has 2 rings (SSSR count). The van der Waals surface area contributed by atoms with Crippen LogP contribution in [0.15, 0.2) is 36.1 Å². The van der Waals surface area contributed by atoms with Gasteiger partial charge in [0.1, 0.15) is 17.3 Å². The molecule has 0 aromatic heterocycles. The molecule has 0 N–H and O–H groups in total. The molecule has 1 aliphatic heterocycles. The van der Waals surface area contributed by atoms with E-state index in [0.717, 1.165) is 6.08 Å². The maximum atomic E-state index is 12.1. The van der Waals surface area contributed by atoms with Gasteiger partial charge in [0.25, 0.3) is 0 Å². The second-order valence-corrected chi connectivity index (χ2v) is 4.89. The van der Waals surface area contributed by atoms with Gasteiger partial charge in [-0.25, -0.2) is 0 Å². The summed E-state index contributed by atoms with van der Waals surface area (Å²) in [5, 5.41) is 0. The van der Waals surface area contributed by atoms with E-state index in [4.69, 9.17) is 14.2 Å². The monoisotopic (exact) mass is 316 g/mol. The molecule has 0 fully saturated rings. The summed E-state index contributed by atoms with van der Waals surface area (Å²) >= 11 is 0. The van der Waals surface area contributed by atoms with Crippen LogP contribution >= 0.6 is 0 Å². The Labute approximate surface area is 133 Å². The standard InChI is InChI=1S/C17H16O6/c1-10-6-15(19)16(17(20)23-10)14(18)5-4-11-7-12(21-2)9-13(8-11)22-3/h4-9,16H,1-3H3/b5-4-/t16-/m1/s1. The largest absolute Gasteiger partial charge is 0.497 e. The number of allylic oxidation sites excluding steroid dienone is 3. The number of rotatable bonds is 5. The Hall–Kier alpha value is -2.89. The van der Waals surface area contributed by atoms with Crippen molar-refractivity contribution >= 4 is 23.6 Å². The molecule has 120 valence electrons. The fraction of sp³-hybridized carbons (Fsp3) is 0.235. The highest BCUT2D eigenvalue weighted by molar-refractivity contribution is 6.25. The molecule has 0 aliphatic carbocycles. The molecular weight excluding hydrogens is 300 g/mol. The number of cyclic esters (lactones) is 1. The Morgan fingerprint density at radius 3 is 2.26 bits per heavy atom. The predicted molar refractivity (Wildman–Crippen MR) is 81.9 cm³/mol. The topological polar surface area (TPSA) is 78.9 Å². The lowest BCUT2D eigenvalue weighted by Crippen LogP contribution is -2.34. The van der Waals surface area contributed by atoms with Crippen LogP contribution in [0.1, 0.15) is 12.5 Å². The first-order valence-corrected chi connectivity index (χ1v) is 6.83. The normalized spacial score (nSPS) is 17.7. The predicted octanol–water partition coefficient (Wildman–Crippen LogP) is 1.93. The minimum Gasteiger partial charge on any atom is -0.497 e. The van der Waals surface area contributed by atoms with Crippen LogP contribution in [0.2, 0.25) is 0 Å². The van der Waals surface area contributed by atoms with E-state index < -0.39 is 23.5 Å².